The summed E-state index contributed by atoms with van der Waals surface area (Å²) in [6, 6.07) is 3.79. The van der Waals surface area contributed by atoms with Gasteiger partial charge in [-0.2, -0.15) is 0 Å². The molecule has 1 saturated carbocycles. The molecule has 0 aliphatic heterocycles. The lowest BCUT2D eigenvalue weighted by Crippen LogP contribution is -2.38. The average molecular weight is 465 g/mol. The molecule has 0 radical (unpaired) electrons. The van der Waals surface area contributed by atoms with Crippen LogP contribution in [0.1, 0.15) is 38.4 Å². The van der Waals surface area contributed by atoms with E-state index >= 15 is 0 Å². The molecular formula is C18H32IN3O3. The Morgan fingerprint density at radius 1 is 1.24 bits per heavy atom. The zero-order chi connectivity index (χ0) is 16.9. The van der Waals surface area contributed by atoms with Gasteiger partial charge in [0.15, 0.2) is 5.96 Å². The second-order valence-electron chi connectivity index (χ2n) is 6.04. The van der Waals surface area contributed by atoms with Crippen molar-refractivity contribution >= 4 is 29.9 Å². The third-order valence-electron chi connectivity index (χ3n) is 3.69. The first kappa shape index (κ1) is 22.2. The van der Waals surface area contributed by atoms with Crippen LogP contribution in [0.4, 0.5) is 0 Å². The maximum Gasteiger partial charge on any atom is 0.191 e. The van der Waals surface area contributed by atoms with Crippen molar-refractivity contribution in [3.8, 4) is 0 Å². The zero-order valence-corrected chi connectivity index (χ0v) is 17.5. The van der Waals surface area contributed by atoms with Crippen LogP contribution in [0.3, 0.4) is 0 Å². The Balaban J connectivity index is 0.00000312. The fourth-order valence-corrected chi connectivity index (χ4v) is 2.18. The number of nitrogens with zero attached hydrogens (tertiary/aromatic N) is 1. The minimum atomic E-state index is 0. The molecule has 6 nitrogen and oxygen atoms in total. The number of guanidine groups is 1. The Morgan fingerprint density at radius 2 is 2.08 bits per heavy atom. The van der Waals surface area contributed by atoms with Crippen molar-refractivity contribution in [3.05, 3.63) is 24.2 Å². The number of rotatable bonds is 13. The molecule has 0 saturated heterocycles. The molecule has 0 aromatic carbocycles. The van der Waals surface area contributed by atoms with Crippen molar-refractivity contribution < 1.29 is 13.9 Å². The lowest BCUT2D eigenvalue weighted by atomic mass is 10.4. The van der Waals surface area contributed by atoms with Crippen molar-refractivity contribution in [1.82, 2.24) is 10.6 Å². The molecule has 0 atom stereocenters. The highest BCUT2D eigenvalue weighted by Gasteiger charge is 2.20. The lowest BCUT2D eigenvalue weighted by Gasteiger charge is -2.11. The normalized spacial score (nSPS) is 14.2. The molecule has 7 heteroatoms. The summed E-state index contributed by atoms with van der Waals surface area (Å²) in [7, 11) is 0. The molecule has 1 aromatic rings. The highest BCUT2D eigenvalue weighted by molar-refractivity contribution is 14.0. The van der Waals surface area contributed by atoms with Gasteiger partial charge in [-0.3, -0.25) is 4.99 Å². The van der Waals surface area contributed by atoms with Gasteiger partial charge in [-0.1, -0.05) is 0 Å². The zero-order valence-electron chi connectivity index (χ0n) is 15.2. The van der Waals surface area contributed by atoms with Crippen LogP contribution < -0.4 is 10.6 Å². The van der Waals surface area contributed by atoms with Gasteiger partial charge < -0.3 is 24.5 Å². The third kappa shape index (κ3) is 11.4. The summed E-state index contributed by atoms with van der Waals surface area (Å²) in [5, 5.41) is 6.60. The van der Waals surface area contributed by atoms with Crippen LogP contribution in [0.25, 0.3) is 0 Å². The molecule has 1 aliphatic carbocycles. The van der Waals surface area contributed by atoms with E-state index in [1.807, 2.05) is 12.1 Å². The summed E-state index contributed by atoms with van der Waals surface area (Å²) in [4.78, 5) is 4.55. The van der Waals surface area contributed by atoms with Crippen molar-refractivity contribution in [2.24, 2.45) is 10.9 Å². The summed E-state index contributed by atoms with van der Waals surface area (Å²) >= 11 is 0. The molecule has 0 amide bonds. The minimum Gasteiger partial charge on any atom is -0.467 e. The Labute approximate surface area is 168 Å². The van der Waals surface area contributed by atoms with Gasteiger partial charge in [0.25, 0.3) is 0 Å². The van der Waals surface area contributed by atoms with Gasteiger partial charge in [-0.15, -0.1) is 24.0 Å². The van der Waals surface area contributed by atoms with Gasteiger partial charge >= 0.3 is 0 Å². The Kier molecular flexibility index (Phi) is 12.8. The van der Waals surface area contributed by atoms with Crippen molar-refractivity contribution in [1.29, 1.82) is 0 Å². The van der Waals surface area contributed by atoms with E-state index in [-0.39, 0.29) is 24.0 Å². The van der Waals surface area contributed by atoms with E-state index in [0.717, 1.165) is 63.3 Å². The van der Waals surface area contributed by atoms with Crippen LogP contribution in [-0.4, -0.2) is 45.4 Å². The molecule has 2 rings (SSSR count). The second-order valence-corrected chi connectivity index (χ2v) is 6.04. The van der Waals surface area contributed by atoms with Crippen LogP contribution in [0.15, 0.2) is 27.8 Å². The Bertz CT molecular complexity index is 450. The smallest absolute Gasteiger partial charge is 0.191 e. The van der Waals surface area contributed by atoms with E-state index in [2.05, 4.69) is 22.5 Å². The van der Waals surface area contributed by atoms with Crippen LogP contribution in [0.5, 0.6) is 0 Å². The number of hydrogen-bond donors (Lipinski definition) is 2. The summed E-state index contributed by atoms with van der Waals surface area (Å²) in [5.74, 6) is 2.56. The topological polar surface area (TPSA) is 68.0 Å². The monoisotopic (exact) mass is 465 g/mol. The highest BCUT2D eigenvalue weighted by Crippen LogP contribution is 2.28. The number of halogens is 1. The van der Waals surface area contributed by atoms with E-state index in [1.54, 1.807) is 6.26 Å². The van der Waals surface area contributed by atoms with Gasteiger partial charge in [-0.25, -0.2) is 0 Å². The number of hydrogen-bond acceptors (Lipinski definition) is 4. The molecule has 0 bridgehead atoms. The van der Waals surface area contributed by atoms with E-state index in [1.165, 1.54) is 12.8 Å². The fraction of sp³-hybridized carbons (Fsp3) is 0.722. The Morgan fingerprint density at radius 3 is 2.80 bits per heavy atom. The maximum atomic E-state index is 5.63. The van der Waals surface area contributed by atoms with E-state index < -0.39 is 0 Å². The van der Waals surface area contributed by atoms with E-state index in [4.69, 9.17) is 13.9 Å². The maximum absolute atomic E-state index is 5.63. The average Bonchev–Trinajstić information content (AvgIpc) is 3.27. The lowest BCUT2D eigenvalue weighted by molar-refractivity contribution is 0.105. The summed E-state index contributed by atoms with van der Waals surface area (Å²) in [6.45, 7) is 7.52. The summed E-state index contributed by atoms with van der Waals surface area (Å²) < 4.78 is 16.4. The predicted octanol–water partition coefficient (Wildman–Crippen LogP) is 3.18. The second kappa shape index (κ2) is 14.4. The quantitative estimate of drug-likeness (QED) is 0.203. The summed E-state index contributed by atoms with van der Waals surface area (Å²) in [5.41, 5.74) is 0. The van der Waals surface area contributed by atoms with Crippen molar-refractivity contribution in [2.45, 2.75) is 39.2 Å². The minimum absolute atomic E-state index is 0. The first-order valence-corrected chi connectivity index (χ1v) is 9.08. The van der Waals surface area contributed by atoms with Crippen LogP contribution in [0, 0.1) is 5.92 Å². The standard InChI is InChI=1S/C18H31N3O3.HI/c1-2-19-18(20-9-4-11-22-14-16-7-8-16)21-10-5-12-23-15-17-6-3-13-24-17;/h3,6,13,16H,2,4-5,7-12,14-15H2,1H3,(H2,19,20,21);1H. The number of furan rings is 1. The van der Waals surface area contributed by atoms with Gasteiger partial charge in [0.2, 0.25) is 0 Å². The molecule has 1 aromatic heterocycles. The molecular weight excluding hydrogens is 433 g/mol. The molecule has 25 heavy (non-hydrogen) atoms. The predicted molar refractivity (Wildman–Crippen MR) is 111 cm³/mol. The van der Waals surface area contributed by atoms with E-state index in [9.17, 15) is 0 Å². The molecule has 2 N–H and O–H groups in total. The number of aliphatic imine (C=N–C) groups is 1. The summed E-state index contributed by atoms with van der Waals surface area (Å²) in [6.07, 6.45) is 6.25. The molecule has 1 fully saturated rings. The first-order chi connectivity index (χ1) is 11.9. The van der Waals surface area contributed by atoms with Gasteiger partial charge in [-0.05, 0) is 50.7 Å². The third-order valence-corrected chi connectivity index (χ3v) is 3.69. The SMILES string of the molecule is CCNC(=NCCCOCc1ccco1)NCCCOCC1CC1.I. The molecule has 1 aliphatic rings. The largest absolute Gasteiger partial charge is 0.467 e. The molecule has 0 unspecified atom stereocenters. The van der Waals surface area contributed by atoms with Crippen LogP contribution in [0.2, 0.25) is 0 Å². The number of ether oxygens (including phenoxy) is 2. The fourth-order valence-electron chi connectivity index (χ4n) is 2.18. The molecule has 0 spiro atoms. The number of nitrogens with one attached hydrogen (secondary N) is 2. The molecule has 1 heterocycles. The van der Waals surface area contributed by atoms with Gasteiger partial charge in [0, 0.05) is 39.5 Å². The molecule has 144 valence electrons. The highest BCUT2D eigenvalue weighted by atomic mass is 127. The van der Waals surface area contributed by atoms with Crippen LogP contribution >= 0.6 is 24.0 Å². The van der Waals surface area contributed by atoms with Gasteiger partial charge in [0.1, 0.15) is 12.4 Å². The van der Waals surface area contributed by atoms with Crippen molar-refractivity contribution in [3.63, 3.8) is 0 Å². The van der Waals surface area contributed by atoms with Crippen molar-refractivity contribution in [2.75, 3.05) is 39.5 Å². The Hall–Kier alpha value is -0.800. The van der Waals surface area contributed by atoms with Gasteiger partial charge in [0.05, 0.1) is 6.26 Å². The van der Waals surface area contributed by atoms with E-state index in [0.29, 0.717) is 13.2 Å². The van der Waals surface area contributed by atoms with Crippen LogP contribution in [-0.2, 0) is 16.1 Å². The first-order valence-electron chi connectivity index (χ1n) is 9.08.